The molecule has 1 unspecified atom stereocenters. The van der Waals surface area contributed by atoms with Gasteiger partial charge in [0.15, 0.2) is 11.5 Å². The third-order valence-electron chi connectivity index (χ3n) is 7.77. The summed E-state index contributed by atoms with van der Waals surface area (Å²) in [6, 6.07) is 22.5. The first-order valence-corrected chi connectivity index (χ1v) is 14.0. The van der Waals surface area contributed by atoms with Crippen LogP contribution in [0.4, 0.5) is 0 Å². The average molecular weight is 540 g/mol. The quantitative estimate of drug-likeness (QED) is 0.261. The number of nitrogens with one attached hydrogen (secondary N) is 2. The monoisotopic (exact) mass is 539 g/mol. The number of methoxy groups -OCH3 is 2. The number of carbonyl (C=O) groups is 2. The van der Waals surface area contributed by atoms with Crippen LogP contribution >= 0.6 is 0 Å². The number of fused-ring (bicyclic) bond motifs is 1. The molecule has 1 aliphatic carbocycles. The number of benzene rings is 3. The second kappa shape index (κ2) is 12.7. The fraction of sp³-hybridized carbons (Fsp3) is 0.333. The maximum Gasteiger partial charge on any atom is 0.247 e. The number of carbonyl (C=O) groups excluding carboxylic acids is 2. The lowest BCUT2D eigenvalue weighted by Crippen LogP contribution is -2.47. The molecule has 2 N–H and O–H groups in total. The molecule has 5 rings (SSSR count). The normalized spacial score (nSPS) is 14.4. The van der Waals surface area contributed by atoms with E-state index in [2.05, 4.69) is 10.3 Å². The van der Waals surface area contributed by atoms with E-state index in [9.17, 15) is 9.59 Å². The van der Waals surface area contributed by atoms with Gasteiger partial charge >= 0.3 is 0 Å². The van der Waals surface area contributed by atoms with E-state index >= 15 is 0 Å². The van der Waals surface area contributed by atoms with Gasteiger partial charge in [0.25, 0.3) is 0 Å². The van der Waals surface area contributed by atoms with Crippen molar-refractivity contribution in [3.05, 3.63) is 95.7 Å². The topological polar surface area (TPSA) is 83.7 Å². The van der Waals surface area contributed by atoms with Gasteiger partial charge in [-0.3, -0.25) is 9.59 Å². The third-order valence-corrected chi connectivity index (χ3v) is 7.77. The van der Waals surface area contributed by atoms with Gasteiger partial charge in [0.1, 0.15) is 6.04 Å². The summed E-state index contributed by atoms with van der Waals surface area (Å²) in [5.74, 6) is 0.770. The fourth-order valence-electron chi connectivity index (χ4n) is 5.67. The van der Waals surface area contributed by atoms with Gasteiger partial charge in [-0.2, -0.15) is 0 Å². The van der Waals surface area contributed by atoms with E-state index in [1.807, 2.05) is 66.9 Å². The molecule has 0 aliphatic heterocycles. The van der Waals surface area contributed by atoms with Gasteiger partial charge in [-0.05, 0) is 47.7 Å². The standard InChI is InChI=1S/C33H37N3O4/c1-39-29-18-17-24(19-30(29)40-2)32(33(38)35-26-13-7-4-8-14-26)36(22-23-11-5-3-6-12-23)31(37)20-25-21-34-28-16-10-9-15-27(25)28/h3,5-6,9-12,15-19,21,26,32,34H,4,7-8,13-14,20,22H2,1-2H3,(H,35,38). The number of ether oxygens (including phenoxy) is 2. The second-order valence-corrected chi connectivity index (χ2v) is 10.4. The molecule has 1 saturated carbocycles. The van der Waals surface area contributed by atoms with Crippen LogP contribution in [-0.2, 0) is 22.6 Å². The highest BCUT2D eigenvalue weighted by Crippen LogP contribution is 2.34. The molecule has 1 fully saturated rings. The molecule has 208 valence electrons. The van der Waals surface area contributed by atoms with Crippen LogP contribution < -0.4 is 14.8 Å². The SMILES string of the molecule is COc1ccc(C(C(=O)NC2CCCCC2)N(Cc2ccccc2)C(=O)Cc2c[nH]c3ccccc23)cc1OC. The lowest BCUT2D eigenvalue weighted by Gasteiger charge is -2.34. The molecule has 40 heavy (non-hydrogen) atoms. The van der Waals surface area contributed by atoms with Crippen LogP contribution in [0.3, 0.4) is 0 Å². The Bertz CT molecular complexity index is 1440. The number of amides is 2. The zero-order valence-electron chi connectivity index (χ0n) is 23.2. The van der Waals surface area contributed by atoms with Crippen molar-refractivity contribution >= 4 is 22.7 Å². The molecule has 1 heterocycles. The van der Waals surface area contributed by atoms with E-state index in [1.165, 1.54) is 6.42 Å². The molecule has 0 bridgehead atoms. The predicted octanol–water partition coefficient (Wildman–Crippen LogP) is 5.95. The van der Waals surface area contributed by atoms with E-state index in [0.29, 0.717) is 23.6 Å². The fourth-order valence-corrected chi connectivity index (χ4v) is 5.67. The number of para-hydroxylation sites is 1. The minimum Gasteiger partial charge on any atom is -0.493 e. The summed E-state index contributed by atoms with van der Waals surface area (Å²) in [7, 11) is 3.15. The Balaban J connectivity index is 1.55. The highest BCUT2D eigenvalue weighted by atomic mass is 16.5. The smallest absolute Gasteiger partial charge is 0.247 e. The average Bonchev–Trinajstić information content (AvgIpc) is 3.40. The minimum atomic E-state index is -0.848. The van der Waals surface area contributed by atoms with Crippen molar-refractivity contribution in [1.29, 1.82) is 0 Å². The zero-order chi connectivity index (χ0) is 27.9. The van der Waals surface area contributed by atoms with Gasteiger partial charge < -0.3 is 24.7 Å². The Hall–Kier alpha value is -4.26. The van der Waals surface area contributed by atoms with Crippen LogP contribution in [0.2, 0.25) is 0 Å². The number of nitrogens with zero attached hydrogens (tertiary/aromatic N) is 1. The highest BCUT2D eigenvalue weighted by Gasteiger charge is 2.34. The van der Waals surface area contributed by atoms with Crippen molar-refractivity contribution in [1.82, 2.24) is 15.2 Å². The first kappa shape index (κ1) is 27.3. The Morgan fingerprint density at radius 2 is 1.65 bits per heavy atom. The Morgan fingerprint density at radius 1 is 0.925 bits per heavy atom. The molecule has 7 heteroatoms. The van der Waals surface area contributed by atoms with E-state index in [4.69, 9.17) is 9.47 Å². The zero-order valence-corrected chi connectivity index (χ0v) is 23.2. The van der Waals surface area contributed by atoms with E-state index < -0.39 is 6.04 Å². The van der Waals surface area contributed by atoms with Crippen LogP contribution in [0, 0.1) is 0 Å². The van der Waals surface area contributed by atoms with Crippen molar-refractivity contribution in [2.24, 2.45) is 0 Å². The molecule has 1 aromatic heterocycles. The molecule has 4 aromatic rings. The molecule has 7 nitrogen and oxygen atoms in total. The molecule has 1 aliphatic rings. The molecular formula is C33H37N3O4. The van der Waals surface area contributed by atoms with Gasteiger partial charge in [-0.25, -0.2) is 0 Å². The maximum atomic E-state index is 14.2. The van der Waals surface area contributed by atoms with Crippen molar-refractivity contribution in [2.75, 3.05) is 14.2 Å². The molecule has 0 saturated heterocycles. The molecule has 0 spiro atoms. The first-order valence-electron chi connectivity index (χ1n) is 14.0. The van der Waals surface area contributed by atoms with Gasteiger partial charge in [-0.1, -0.05) is 73.9 Å². The van der Waals surface area contributed by atoms with Crippen molar-refractivity contribution in [3.63, 3.8) is 0 Å². The van der Waals surface area contributed by atoms with Gasteiger partial charge in [0.2, 0.25) is 11.8 Å². The van der Waals surface area contributed by atoms with Crippen LogP contribution in [0.1, 0.15) is 54.8 Å². The molecule has 1 atom stereocenters. The Kier molecular flexibility index (Phi) is 8.69. The Morgan fingerprint density at radius 3 is 2.40 bits per heavy atom. The van der Waals surface area contributed by atoms with E-state index in [0.717, 1.165) is 47.7 Å². The first-order chi connectivity index (χ1) is 19.6. The number of hydrogen-bond donors (Lipinski definition) is 2. The third kappa shape index (κ3) is 6.14. The van der Waals surface area contributed by atoms with Crippen LogP contribution in [0.5, 0.6) is 11.5 Å². The van der Waals surface area contributed by atoms with Crippen molar-refractivity contribution < 1.29 is 19.1 Å². The van der Waals surface area contributed by atoms with Crippen LogP contribution in [0.15, 0.2) is 79.0 Å². The number of aromatic amines is 1. The maximum absolute atomic E-state index is 14.2. The van der Waals surface area contributed by atoms with Crippen molar-refractivity contribution in [2.45, 2.75) is 57.2 Å². The number of hydrogen-bond acceptors (Lipinski definition) is 4. The lowest BCUT2D eigenvalue weighted by molar-refractivity contribution is -0.141. The molecule has 0 radical (unpaired) electrons. The van der Waals surface area contributed by atoms with E-state index in [-0.39, 0.29) is 24.3 Å². The molecule has 3 aromatic carbocycles. The summed E-state index contributed by atoms with van der Waals surface area (Å²) in [6.07, 6.45) is 7.33. The predicted molar refractivity (Wildman–Crippen MR) is 156 cm³/mol. The summed E-state index contributed by atoms with van der Waals surface area (Å²) >= 11 is 0. The molecule has 2 amide bonds. The summed E-state index contributed by atoms with van der Waals surface area (Å²) in [5.41, 5.74) is 3.50. The van der Waals surface area contributed by atoms with E-state index in [1.54, 1.807) is 31.3 Å². The van der Waals surface area contributed by atoms with Crippen LogP contribution in [-0.4, -0.2) is 42.0 Å². The largest absolute Gasteiger partial charge is 0.493 e. The summed E-state index contributed by atoms with van der Waals surface area (Å²) in [4.78, 5) is 33.3. The van der Waals surface area contributed by atoms with Gasteiger partial charge in [0.05, 0.1) is 20.6 Å². The number of rotatable bonds is 10. The second-order valence-electron chi connectivity index (χ2n) is 10.4. The highest BCUT2D eigenvalue weighted by molar-refractivity contribution is 5.92. The summed E-state index contributed by atoms with van der Waals surface area (Å²) in [6.45, 7) is 0.291. The number of aromatic nitrogens is 1. The van der Waals surface area contributed by atoms with Crippen LogP contribution in [0.25, 0.3) is 10.9 Å². The van der Waals surface area contributed by atoms with Gasteiger partial charge in [-0.15, -0.1) is 0 Å². The lowest BCUT2D eigenvalue weighted by atomic mass is 9.94. The van der Waals surface area contributed by atoms with Crippen molar-refractivity contribution in [3.8, 4) is 11.5 Å². The van der Waals surface area contributed by atoms with Gasteiger partial charge in [0, 0.05) is 29.7 Å². The number of H-pyrrole nitrogens is 1. The summed E-state index contributed by atoms with van der Waals surface area (Å²) in [5, 5.41) is 4.29. The summed E-state index contributed by atoms with van der Waals surface area (Å²) < 4.78 is 11.0. The Labute approximate surface area is 235 Å². The molecular weight excluding hydrogens is 502 g/mol. The minimum absolute atomic E-state index is 0.103.